The molecular weight excluding hydrogens is 264 g/mol. The number of benzene rings is 1. The average molecular weight is 286 g/mol. The van der Waals surface area contributed by atoms with Crippen molar-refractivity contribution in [3.05, 3.63) is 36.5 Å². The van der Waals surface area contributed by atoms with E-state index in [1.54, 1.807) is 13.3 Å². The first-order valence-corrected chi connectivity index (χ1v) is 7.15. The molecule has 0 spiro atoms. The zero-order valence-electron chi connectivity index (χ0n) is 12.8. The molecule has 0 fully saturated rings. The lowest BCUT2D eigenvalue weighted by atomic mass is 10.1. The number of aromatic nitrogens is 2. The third-order valence-electron chi connectivity index (χ3n) is 3.02. The molecule has 5 heteroatoms. The van der Waals surface area contributed by atoms with Gasteiger partial charge >= 0.3 is 0 Å². The number of nitrogens with zero attached hydrogens (tertiary/aromatic N) is 2. The number of ether oxygens (including phenoxy) is 1. The Labute approximate surface area is 125 Å². The van der Waals surface area contributed by atoms with E-state index in [-0.39, 0.29) is 0 Å². The number of methoxy groups -OCH3 is 1. The van der Waals surface area contributed by atoms with E-state index in [9.17, 15) is 0 Å². The van der Waals surface area contributed by atoms with E-state index in [1.807, 2.05) is 30.3 Å². The van der Waals surface area contributed by atoms with Crippen molar-refractivity contribution in [1.29, 1.82) is 0 Å². The Balaban J connectivity index is 1.96. The van der Waals surface area contributed by atoms with Crippen LogP contribution in [0.5, 0.6) is 5.75 Å². The average Bonchev–Trinajstić information content (AvgIpc) is 2.48. The van der Waals surface area contributed by atoms with Gasteiger partial charge in [0.2, 0.25) is 5.95 Å². The van der Waals surface area contributed by atoms with Gasteiger partial charge in [-0.1, -0.05) is 13.8 Å². The molecule has 1 aromatic heterocycles. The van der Waals surface area contributed by atoms with Crippen LogP contribution in [0.15, 0.2) is 36.5 Å². The van der Waals surface area contributed by atoms with Crippen molar-refractivity contribution in [2.24, 2.45) is 5.92 Å². The molecule has 5 nitrogen and oxygen atoms in total. The molecule has 2 aromatic rings. The molecule has 0 amide bonds. The number of hydrogen-bond acceptors (Lipinski definition) is 5. The second-order valence-corrected chi connectivity index (χ2v) is 5.23. The Morgan fingerprint density at radius 1 is 1.14 bits per heavy atom. The van der Waals surface area contributed by atoms with E-state index in [0.717, 1.165) is 30.2 Å². The molecular formula is C16H22N4O. The van der Waals surface area contributed by atoms with Crippen molar-refractivity contribution in [3.8, 4) is 5.75 Å². The molecule has 1 aromatic carbocycles. The van der Waals surface area contributed by atoms with Gasteiger partial charge in [0, 0.05) is 18.4 Å². The Bertz CT molecular complexity index is 554. The molecule has 1 heterocycles. The van der Waals surface area contributed by atoms with E-state index < -0.39 is 0 Å². The van der Waals surface area contributed by atoms with Gasteiger partial charge in [0.15, 0.2) is 0 Å². The van der Waals surface area contributed by atoms with Crippen molar-refractivity contribution < 1.29 is 4.74 Å². The topological polar surface area (TPSA) is 59.1 Å². The minimum atomic E-state index is 0.647. The van der Waals surface area contributed by atoms with Crippen LogP contribution in [0.3, 0.4) is 0 Å². The van der Waals surface area contributed by atoms with Gasteiger partial charge in [-0.3, -0.25) is 0 Å². The second kappa shape index (κ2) is 7.47. The van der Waals surface area contributed by atoms with E-state index in [0.29, 0.717) is 11.9 Å². The van der Waals surface area contributed by atoms with Gasteiger partial charge in [-0.25, -0.2) is 4.98 Å². The van der Waals surface area contributed by atoms with Gasteiger partial charge in [-0.05, 0) is 42.7 Å². The smallest absolute Gasteiger partial charge is 0.224 e. The largest absolute Gasteiger partial charge is 0.497 e. The summed E-state index contributed by atoms with van der Waals surface area (Å²) in [4.78, 5) is 8.67. The van der Waals surface area contributed by atoms with Gasteiger partial charge in [-0.2, -0.15) is 4.98 Å². The lowest BCUT2D eigenvalue weighted by Gasteiger charge is -2.09. The van der Waals surface area contributed by atoms with Crippen LogP contribution in [0.2, 0.25) is 0 Å². The molecule has 0 aliphatic carbocycles. The van der Waals surface area contributed by atoms with Crippen LogP contribution >= 0.6 is 0 Å². The molecule has 0 aliphatic heterocycles. The predicted octanol–water partition coefficient (Wildman–Crippen LogP) is 3.69. The van der Waals surface area contributed by atoms with Crippen molar-refractivity contribution in [3.63, 3.8) is 0 Å². The van der Waals surface area contributed by atoms with Gasteiger partial charge in [0.25, 0.3) is 0 Å². The summed E-state index contributed by atoms with van der Waals surface area (Å²) in [6.45, 7) is 5.28. The fraction of sp³-hybridized carbons (Fsp3) is 0.375. The van der Waals surface area contributed by atoms with Crippen LogP contribution in [-0.4, -0.2) is 23.6 Å². The van der Waals surface area contributed by atoms with Crippen molar-refractivity contribution in [2.45, 2.75) is 20.3 Å². The van der Waals surface area contributed by atoms with Crippen LogP contribution in [0.25, 0.3) is 0 Å². The van der Waals surface area contributed by atoms with Crippen LogP contribution in [-0.2, 0) is 0 Å². The van der Waals surface area contributed by atoms with Crippen LogP contribution in [0.4, 0.5) is 17.5 Å². The number of anilines is 3. The first-order valence-electron chi connectivity index (χ1n) is 7.15. The first kappa shape index (κ1) is 15.1. The minimum Gasteiger partial charge on any atom is -0.497 e. The summed E-state index contributed by atoms with van der Waals surface area (Å²) in [6.07, 6.45) is 2.84. The van der Waals surface area contributed by atoms with Crippen molar-refractivity contribution >= 4 is 17.5 Å². The fourth-order valence-corrected chi connectivity index (χ4v) is 1.81. The summed E-state index contributed by atoms with van der Waals surface area (Å²) in [5.41, 5.74) is 0.961. The van der Waals surface area contributed by atoms with Gasteiger partial charge < -0.3 is 15.4 Å². The van der Waals surface area contributed by atoms with Gasteiger partial charge in [-0.15, -0.1) is 0 Å². The Hall–Kier alpha value is -2.30. The normalized spacial score (nSPS) is 10.5. The van der Waals surface area contributed by atoms with Crippen molar-refractivity contribution in [1.82, 2.24) is 9.97 Å². The molecule has 2 rings (SSSR count). The molecule has 0 bridgehead atoms. The van der Waals surface area contributed by atoms with E-state index in [2.05, 4.69) is 34.4 Å². The van der Waals surface area contributed by atoms with E-state index in [1.165, 1.54) is 0 Å². The molecule has 0 saturated carbocycles. The zero-order chi connectivity index (χ0) is 15.1. The SMILES string of the molecule is COc1ccc(Nc2ccnc(NCCC(C)C)n2)cc1. The lowest BCUT2D eigenvalue weighted by Crippen LogP contribution is -2.08. The van der Waals surface area contributed by atoms with E-state index >= 15 is 0 Å². The van der Waals surface area contributed by atoms with Gasteiger partial charge in [0.05, 0.1) is 7.11 Å². The molecule has 0 aliphatic rings. The van der Waals surface area contributed by atoms with E-state index in [4.69, 9.17) is 4.74 Å². The lowest BCUT2D eigenvalue weighted by molar-refractivity contribution is 0.415. The maximum Gasteiger partial charge on any atom is 0.224 e. The van der Waals surface area contributed by atoms with Crippen LogP contribution in [0.1, 0.15) is 20.3 Å². The highest BCUT2D eigenvalue weighted by Crippen LogP contribution is 2.19. The zero-order valence-corrected chi connectivity index (χ0v) is 12.8. The molecule has 0 unspecified atom stereocenters. The minimum absolute atomic E-state index is 0.647. The highest BCUT2D eigenvalue weighted by Gasteiger charge is 2.01. The summed E-state index contributed by atoms with van der Waals surface area (Å²) in [5.74, 6) is 2.91. The molecule has 112 valence electrons. The molecule has 2 N–H and O–H groups in total. The standard InChI is InChI=1S/C16H22N4O/c1-12(2)8-10-17-16-18-11-9-15(20-16)19-13-4-6-14(21-3)7-5-13/h4-7,9,11-12H,8,10H2,1-3H3,(H2,17,18,19,20). The summed E-state index contributed by atoms with van der Waals surface area (Å²) in [7, 11) is 1.65. The molecule has 0 saturated heterocycles. The maximum absolute atomic E-state index is 5.14. The highest BCUT2D eigenvalue weighted by atomic mass is 16.5. The number of nitrogens with one attached hydrogen (secondary N) is 2. The first-order chi connectivity index (χ1) is 10.2. The summed E-state index contributed by atoms with van der Waals surface area (Å²) in [5, 5.41) is 6.49. The summed E-state index contributed by atoms with van der Waals surface area (Å²) < 4.78 is 5.14. The van der Waals surface area contributed by atoms with Crippen molar-refractivity contribution in [2.75, 3.05) is 24.3 Å². The molecule has 0 atom stereocenters. The maximum atomic E-state index is 5.14. The summed E-state index contributed by atoms with van der Waals surface area (Å²) >= 11 is 0. The third-order valence-corrected chi connectivity index (χ3v) is 3.02. The number of hydrogen-bond donors (Lipinski definition) is 2. The fourth-order valence-electron chi connectivity index (χ4n) is 1.81. The third kappa shape index (κ3) is 4.95. The van der Waals surface area contributed by atoms with Crippen LogP contribution < -0.4 is 15.4 Å². The number of rotatable bonds is 7. The Kier molecular flexibility index (Phi) is 5.37. The quantitative estimate of drug-likeness (QED) is 0.813. The van der Waals surface area contributed by atoms with Gasteiger partial charge in [0.1, 0.15) is 11.6 Å². The second-order valence-electron chi connectivity index (χ2n) is 5.23. The monoisotopic (exact) mass is 286 g/mol. The van der Waals surface area contributed by atoms with Crippen LogP contribution in [0, 0.1) is 5.92 Å². The Morgan fingerprint density at radius 2 is 1.90 bits per heavy atom. The summed E-state index contributed by atoms with van der Waals surface area (Å²) in [6, 6.07) is 9.56. The molecule has 21 heavy (non-hydrogen) atoms. The molecule has 0 radical (unpaired) electrons. The Morgan fingerprint density at radius 3 is 2.57 bits per heavy atom. The predicted molar refractivity (Wildman–Crippen MR) is 86.3 cm³/mol. The highest BCUT2D eigenvalue weighted by molar-refractivity contribution is 5.57.